The number of unbranched alkanes of at least 4 members (excludes halogenated alkanes) is 1. The summed E-state index contributed by atoms with van der Waals surface area (Å²) < 4.78 is 5.37. The average Bonchev–Trinajstić information content (AvgIpc) is 3.10. The van der Waals surface area contributed by atoms with Crippen LogP contribution in [-0.2, 0) is 19.5 Å². The summed E-state index contributed by atoms with van der Waals surface area (Å²) in [4.78, 5) is 13.4. The Labute approximate surface area is 162 Å². The van der Waals surface area contributed by atoms with Gasteiger partial charge in [-0.2, -0.15) is 0 Å². The molecular weight excluding hydrogens is 338 g/mol. The van der Waals surface area contributed by atoms with Crippen molar-refractivity contribution in [3.63, 3.8) is 0 Å². The Morgan fingerprint density at radius 2 is 2.07 bits per heavy atom. The Kier molecular flexibility index (Phi) is 5.64. The molecule has 0 amide bonds. The van der Waals surface area contributed by atoms with Gasteiger partial charge in [0.05, 0.1) is 5.69 Å². The highest BCUT2D eigenvalue weighted by molar-refractivity contribution is 5.20. The molecule has 1 N–H and O–H groups in total. The van der Waals surface area contributed by atoms with E-state index in [1.807, 2.05) is 13.1 Å². The zero-order chi connectivity index (χ0) is 18.8. The van der Waals surface area contributed by atoms with Crippen LogP contribution >= 0.6 is 0 Å². The van der Waals surface area contributed by atoms with Crippen LogP contribution in [0.15, 0.2) is 10.7 Å². The summed E-state index contributed by atoms with van der Waals surface area (Å²) in [5.41, 5.74) is 3.58. The van der Waals surface area contributed by atoms with E-state index in [0.29, 0.717) is 6.04 Å². The molecule has 0 spiro atoms. The first-order chi connectivity index (χ1) is 13.1. The number of hydrogen-bond donors (Lipinski definition) is 1. The summed E-state index contributed by atoms with van der Waals surface area (Å²) in [6.07, 6.45) is 8.19. The number of hydrogen-bond acceptors (Lipinski definition) is 5. The van der Waals surface area contributed by atoms with Crippen LogP contribution in [0.5, 0.6) is 0 Å². The van der Waals surface area contributed by atoms with E-state index < -0.39 is 0 Å². The predicted molar refractivity (Wildman–Crippen MR) is 105 cm³/mol. The van der Waals surface area contributed by atoms with Gasteiger partial charge >= 0.3 is 0 Å². The number of fused-ring (bicyclic) bond motifs is 4. The van der Waals surface area contributed by atoms with Gasteiger partial charge in [-0.25, -0.2) is 4.98 Å². The minimum absolute atomic E-state index is 0.631. The van der Waals surface area contributed by atoms with E-state index in [0.717, 1.165) is 49.3 Å². The molecule has 2 aromatic rings. The van der Waals surface area contributed by atoms with Crippen LogP contribution in [0.25, 0.3) is 0 Å². The second-order valence-electron chi connectivity index (χ2n) is 8.48. The standard InChI is InChI=1S/C21H33N5O/c1-4-5-6-21-22-9-18(23-21)12-26-11-17-7-8-19(26)13-25(10-17)14-20-15(2)24-27-16(20)3/h9,17,19H,4-8,10-14H2,1-3H3,(H,22,23)/t17-,19+/m0/s1. The maximum atomic E-state index is 5.37. The molecule has 2 bridgehead atoms. The summed E-state index contributed by atoms with van der Waals surface area (Å²) in [5.74, 6) is 2.87. The van der Waals surface area contributed by atoms with Crippen molar-refractivity contribution in [3.8, 4) is 0 Å². The van der Waals surface area contributed by atoms with Gasteiger partial charge in [0.25, 0.3) is 0 Å². The van der Waals surface area contributed by atoms with Crippen LogP contribution in [0.4, 0.5) is 0 Å². The topological polar surface area (TPSA) is 61.2 Å². The molecular formula is C21H33N5O. The number of nitrogens with one attached hydrogen (secondary N) is 1. The summed E-state index contributed by atoms with van der Waals surface area (Å²) in [6, 6.07) is 0.631. The van der Waals surface area contributed by atoms with Gasteiger partial charge in [-0.1, -0.05) is 18.5 Å². The van der Waals surface area contributed by atoms with Gasteiger partial charge in [-0.15, -0.1) is 0 Å². The number of aryl methyl sites for hydroxylation is 3. The Morgan fingerprint density at radius 3 is 2.85 bits per heavy atom. The zero-order valence-corrected chi connectivity index (χ0v) is 17.0. The Morgan fingerprint density at radius 1 is 1.19 bits per heavy atom. The fourth-order valence-electron chi connectivity index (χ4n) is 4.73. The van der Waals surface area contributed by atoms with Crippen LogP contribution < -0.4 is 0 Å². The Balaban J connectivity index is 1.40. The summed E-state index contributed by atoms with van der Waals surface area (Å²) in [6.45, 7) is 11.8. The molecule has 6 heteroatoms. The van der Waals surface area contributed by atoms with Crippen molar-refractivity contribution >= 4 is 0 Å². The van der Waals surface area contributed by atoms with Crippen molar-refractivity contribution in [2.24, 2.45) is 5.92 Å². The summed E-state index contributed by atoms with van der Waals surface area (Å²) in [7, 11) is 0. The van der Waals surface area contributed by atoms with Gasteiger partial charge in [0, 0.05) is 62.6 Å². The third-order valence-corrected chi connectivity index (χ3v) is 6.29. The highest BCUT2D eigenvalue weighted by Gasteiger charge is 2.35. The molecule has 5 rings (SSSR count). The van der Waals surface area contributed by atoms with Crippen LogP contribution in [0.3, 0.4) is 0 Å². The van der Waals surface area contributed by atoms with Gasteiger partial charge < -0.3 is 9.51 Å². The van der Waals surface area contributed by atoms with E-state index in [2.05, 4.69) is 38.8 Å². The number of imidazole rings is 1. The highest BCUT2D eigenvalue weighted by atomic mass is 16.5. The van der Waals surface area contributed by atoms with Gasteiger partial charge in [0.2, 0.25) is 0 Å². The molecule has 148 valence electrons. The molecule has 3 fully saturated rings. The molecule has 5 heterocycles. The van der Waals surface area contributed by atoms with Crippen molar-refractivity contribution in [2.45, 2.75) is 72.0 Å². The van der Waals surface area contributed by atoms with Crippen molar-refractivity contribution in [3.05, 3.63) is 34.7 Å². The Hall–Kier alpha value is -1.66. The van der Waals surface area contributed by atoms with E-state index in [9.17, 15) is 0 Å². The van der Waals surface area contributed by atoms with Crippen LogP contribution in [-0.4, -0.2) is 50.6 Å². The number of H-pyrrole nitrogens is 1. The van der Waals surface area contributed by atoms with Crippen molar-refractivity contribution in [1.82, 2.24) is 24.9 Å². The van der Waals surface area contributed by atoms with Crippen molar-refractivity contribution < 1.29 is 4.52 Å². The van der Waals surface area contributed by atoms with Crippen LogP contribution in [0, 0.1) is 19.8 Å². The molecule has 3 saturated heterocycles. The van der Waals surface area contributed by atoms with Crippen LogP contribution in [0.1, 0.15) is 61.1 Å². The van der Waals surface area contributed by atoms with E-state index in [1.54, 1.807) is 0 Å². The maximum Gasteiger partial charge on any atom is 0.138 e. The smallest absolute Gasteiger partial charge is 0.138 e. The number of rotatable bonds is 7. The molecule has 0 radical (unpaired) electrons. The maximum absolute atomic E-state index is 5.37. The third-order valence-electron chi connectivity index (χ3n) is 6.29. The molecule has 0 unspecified atom stereocenters. The molecule has 0 aliphatic carbocycles. The second-order valence-corrected chi connectivity index (χ2v) is 8.48. The Bertz CT molecular complexity index is 732. The van der Waals surface area contributed by atoms with Gasteiger partial charge in [-0.3, -0.25) is 9.80 Å². The predicted octanol–water partition coefficient (Wildman–Crippen LogP) is 3.45. The van der Waals surface area contributed by atoms with E-state index >= 15 is 0 Å². The number of aromatic amines is 1. The monoisotopic (exact) mass is 371 g/mol. The summed E-state index contributed by atoms with van der Waals surface area (Å²) in [5, 5.41) is 4.13. The highest BCUT2D eigenvalue weighted by Crippen LogP contribution is 2.30. The fraction of sp³-hybridized carbons (Fsp3) is 0.714. The lowest BCUT2D eigenvalue weighted by Gasteiger charge is -2.35. The van der Waals surface area contributed by atoms with E-state index in [1.165, 1.54) is 50.0 Å². The summed E-state index contributed by atoms with van der Waals surface area (Å²) >= 11 is 0. The molecule has 6 nitrogen and oxygen atoms in total. The van der Waals surface area contributed by atoms with Crippen molar-refractivity contribution in [2.75, 3.05) is 19.6 Å². The van der Waals surface area contributed by atoms with Gasteiger partial charge in [-0.05, 0) is 39.0 Å². The van der Waals surface area contributed by atoms with E-state index in [4.69, 9.17) is 4.52 Å². The van der Waals surface area contributed by atoms with Gasteiger partial charge in [0.15, 0.2) is 0 Å². The molecule has 2 atom stereocenters. The molecule has 27 heavy (non-hydrogen) atoms. The largest absolute Gasteiger partial charge is 0.361 e. The average molecular weight is 372 g/mol. The molecule has 3 aliphatic rings. The number of piperidine rings is 1. The molecule has 0 saturated carbocycles. The molecule has 2 aromatic heterocycles. The first kappa shape index (κ1) is 18.7. The first-order valence-electron chi connectivity index (χ1n) is 10.5. The lowest BCUT2D eigenvalue weighted by Crippen LogP contribution is -2.43. The fourth-order valence-corrected chi connectivity index (χ4v) is 4.73. The number of aromatic nitrogens is 3. The van der Waals surface area contributed by atoms with Crippen LogP contribution in [0.2, 0.25) is 0 Å². The minimum Gasteiger partial charge on any atom is -0.361 e. The SMILES string of the molecule is CCCCc1ncc(CN2C[C@H]3CC[C@@H]2CN(Cc2c(C)noc2C)C3)[nH]1. The van der Waals surface area contributed by atoms with Gasteiger partial charge in [0.1, 0.15) is 11.6 Å². The zero-order valence-electron chi connectivity index (χ0n) is 17.0. The normalized spacial score (nSPS) is 23.8. The van der Waals surface area contributed by atoms with Crippen molar-refractivity contribution in [1.29, 1.82) is 0 Å². The first-order valence-corrected chi connectivity index (χ1v) is 10.5. The lowest BCUT2D eigenvalue weighted by atomic mass is 9.95. The molecule has 0 aromatic carbocycles. The minimum atomic E-state index is 0.631. The molecule has 3 aliphatic heterocycles. The van der Waals surface area contributed by atoms with E-state index in [-0.39, 0.29) is 0 Å². The third kappa shape index (κ3) is 4.27. The second kappa shape index (κ2) is 8.15. The quantitative estimate of drug-likeness (QED) is 0.808. The number of nitrogens with zero attached hydrogens (tertiary/aromatic N) is 4. The lowest BCUT2D eigenvalue weighted by molar-refractivity contribution is 0.121.